The van der Waals surface area contributed by atoms with Crippen LogP contribution in [-0.4, -0.2) is 26.0 Å². The summed E-state index contributed by atoms with van der Waals surface area (Å²) in [6.07, 6.45) is 1.75. The number of carbonyl (C=O) groups excluding carboxylic acids is 1. The Balaban J connectivity index is 1.66. The highest BCUT2D eigenvalue weighted by Crippen LogP contribution is 2.24. The van der Waals surface area contributed by atoms with Crippen molar-refractivity contribution in [2.75, 3.05) is 11.9 Å². The largest absolute Gasteiger partial charge is 0.360 e. The molecule has 2 N–H and O–H groups in total. The van der Waals surface area contributed by atoms with Crippen LogP contribution >= 0.6 is 0 Å². The van der Waals surface area contributed by atoms with Crippen LogP contribution in [0.4, 0.5) is 5.69 Å². The van der Waals surface area contributed by atoms with Crippen molar-refractivity contribution in [2.24, 2.45) is 0 Å². The number of hydrogen-bond acceptors (Lipinski definition) is 5. The number of nitrogens with zero attached hydrogens (tertiary/aromatic N) is 1. The Bertz CT molecular complexity index is 867. The molecule has 24 heavy (non-hydrogen) atoms. The zero-order valence-corrected chi connectivity index (χ0v) is 14.4. The number of hydrogen-bond donors (Lipinski definition) is 2. The molecule has 3 rings (SSSR count). The first-order chi connectivity index (χ1) is 11.4. The molecule has 0 saturated heterocycles. The number of rotatable bonds is 5. The molecule has 0 spiro atoms. The summed E-state index contributed by atoms with van der Waals surface area (Å²) in [6, 6.07) is 5.78. The lowest BCUT2D eigenvalue weighted by atomic mass is 9.99. The number of benzene rings is 1. The molecule has 1 aliphatic rings. The number of amides is 1. The van der Waals surface area contributed by atoms with Gasteiger partial charge in [-0.05, 0) is 43.9 Å². The van der Waals surface area contributed by atoms with Gasteiger partial charge in [-0.1, -0.05) is 17.3 Å². The summed E-state index contributed by atoms with van der Waals surface area (Å²) in [5, 5.41) is 6.51. The third-order valence-electron chi connectivity index (χ3n) is 4.01. The van der Waals surface area contributed by atoms with E-state index in [1.807, 2.05) is 18.2 Å². The number of aromatic nitrogens is 1. The zero-order valence-electron chi connectivity index (χ0n) is 13.5. The molecular formula is C16H19N3O4S. The van der Waals surface area contributed by atoms with Crippen LogP contribution in [0.3, 0.4) is 0 Å². The zero-order chi connectivity index (χ0) is 17.3. The smallest absolute Gasteiger partial charge is 0.245 e. The molecule has 0 saturated carbocycles. The van der Waals surface area contributed by atoms with Crippen molar-refractivity contribution in [3.8, 4) is 0 Å². The third-order valence-corrected chi connectivity index (χ3v) is 5.71. The van der Waals surface area contributed by atoms with Crippen LogP contribution in [0.25, 0.3) is 0 Å². The van der Waals surface area contributed by atoms with E-state index in [1.165, 1.54) is 0 Å². The highest BCUT2D eigenvalue weighted by atomic mass is 32.2. The predicted octanol–water partition coefficient (Wildman–Crippen LogP) is 1.70. The normalized spacial score (nSPS) is 14.3. The van der Waals surface area contributed by atoms with Crippen molar-refractivity contribution in [2.45, 2.75) is 38.0 Å². The number of aryl methyl sites for hydroxylation is 3. The van der Waals surface area contributed by atoms with Gasteiger partial charge < -0.3 is 9.84 Å². The Morgan fingerprint density at radius 2 is 2.08 bits per heavy atom. The summed E-state index contributed by atoms with van der Waals surface area (Å²) in [4.78, 5) is 11.5. The van der Waals surface area contributed by atoms with Crippen molar-refractivity contribution in [3.63, 3.8) is 0 Å². The lowest BCUT2D eigenvalue weighted by molar-refractivity contribution is -0.116. The van der Waals surface area contributed by atoms with E-state index < -0.39 is 10.0 Å². The molecule has 1 amide bonds. The fraction of sp³-hybridized carbons (Fsp3) is 0.375. The van der Waals surface area contributed by atoms with Crippen LogP contribution < -0.4 is 10.0 Å². The molecule has 7 nitrogen and oxygen atoms in total. The van der Waals surface area contributed by atoms with E-state index in [4.69, 9.17) is 4.52 Å². The van der Waals surface area contributed by atoms with Gasteiger partial charge in [0.25, 0.3) is 0 Å². The average molecular weight is 349 g/mol. The number of sulfonamides is 1. The van der Waals surface area contributed by atoms with Crippen LogP contribution in [0, 0.1) is 13.8 Å². The fourth-order valence-corrected chi connectivity index (χ4v) is 4.21. The number of anilines is 1. The lowest BCUT2D eigenvalue weighted by Gasteiger charge is -2.17. The Kier molecular flexibility index (Phi) is 4.42. The number of nitrogens with one attached hydrogen (secondary N) is 2. The Labute approximate surface area is 140 Å². The summed E-state index contributed by atoms with van der Waals surface area (Å²) in [6.45, 7) is 3.45. The molecule has 1 aromatic carbocycles. The van der Waals surface area contributed by atoms with Crippen molar-refractivity contribution in [1.82, 2.24) is 9.88 Å². The molecule has 128 valence electrons. The maximum absolute atomic E-state index is 12.3. The van der Waals surface area contributed by atoms with E-state index in [2.05, 4.69) is 15.2 Å². The fourth-order valence-electron chi connectivity index (χ4n) is 2.85. The SMILES string of the molecule is Cc1noc(C)c1S(=O)(=O)NCCc1ccc2c(c1)CCC(=O)N2. The van der Waals surface area contributed by atoms with Gasteiger partial charge in [0.05, 0.1) is 0 Å². The summed E-state index contributed by atoms with van der Waals surface area (Å²) >= 11 is 0. The molecule has 0 aliphatic carbocycles. The molecule has 0 atom stereocenters. The summed E-state index contributed by atoms with van der Waals surface area (Å²) in [5.41, 5.74) is 3.29. The van der Waals surface area contributed by atoms with E-state index in [0.717, 1.165) is 16.8 Å². The van der Waals surface area contributed by atoms with Gasteiger partial charge in [-0.3, -0.25) is 4.79 Å². The summed E-state index contributed by atoms with van der Waals surface area (Å²) in [7, 11) is -3.64. The van der Waals surface area contributed by atoms with Gasteiger partial charge in [-0.15, -0.1) is 0 Å². The van der Waals surface area contributed by atoms with Gasteiger partial charge >= 0.3 is 0 Å². The highest BCUT2D eigenvalue weighted by Gasteiger charge is 2.23. The molecule has 0 radical (unpaired) electrons. The molecule has 0 bridgehead atoms. The summed E-state index contributed by atoms with van der Waals surface area (Å²) < 4.78 is 32.2. The van der Waals surface area contributed by atoms with E-state index in [1.54, 1.807) is 13.8 Å². The van der Waals surface area contributed by atoms with Gasteiger partial charge in [0.15, 0.2) is 5.76 Å². The van der Waals surface area contributed by atoms with Gasteiger partial charge in [-0.2, -0.15) is 0 Å². The molecule has 2 aromatic rings. The lowest BCUT2D eigenvalue weighted by Crippen LogP contribution is -2.27. The van der Waals surface area contributed by atoms with E-state index in [9.17, 15) is 13.2 Å². The van der Waals surface area contributed by atoms with Gasteiger partial charge in [0.1, 0.15) is 10.6 Å². The highest BCUT2D eigenvalue weighted by molar-refractivity contribution is 7.89. The second-order valence-corrected chi connectivity index (χ2v) is 7.54. The standard InChI is InChI=1S/C16H19N3O4S/c1-10-16(11(2)23-19-10)24(21,22)17-8-7-12-3-5-14-13(9-12)4-6-15(20)18-14/h3,5,9,17H,4,6-8H2,1-2H3,(H,18,20). The Hall–Kier alpha value is -2.19. The van der Waals surface area contributed by atoms with Crippen LogP contribution in [0.5, 0.6) is 0 Å². The first kappa shape index (κ1) is 16.7. The van der Waals surface area contributed by atoms with Crippen molar-refractivity contribution >= 4 is 21.6 Å². The molecule has 0 unspecified atom stereocenters. The molecule has 2 heterocycles. The minimum absolute atomic E-state index is 0.0301. The monoisotopic (exact) mass is 349 g/mol. The van der Waals surface area contributed by atoms with E-state index in [-0.39, 0.29) is 23.1 Å². The molecule has 8 heteroatoms. The van der Waals surface area contributed by atoms with Crippen molar-refractivity contribution in [3.05, 3.63) is 40.8 Å². The maximum atomic E-state index is 12.3. The van der Waals surface area contributed by atoms with E-state index >= 15 is 0 Å². The number of fused-ring (bicyclic) bond motifs is 1. The molecular weight excluding hydrogens is 330 g/mol. The minimum Gasteiger partial charge on any atom is -0.360 e. The molecule has 0 fully saturated rings. The minimum atomic E-state index is -3.64. The first-order valence-corrected chi connectivity index (χ1v) is 9.19. The van der Waals surface area contributed by atoms with Crippen molar-refractivity contribution < 1.29 is 17.7 Å². The van der Waals surface area contributed by atoms with Crippen LogP contribution in [0.2, 0.25) is 0 Å². The molecule has 1 aliphatic heterocycles. The second-order valence-electron chi connectivity index (χ2n) is 5.84. The predicted molar refractivity (Wildman–Crippen MR) is 88.3 cm³/mol. The summed E-state index contributed by atoms with van der Waals surface area (Å²) in [5.74, 6) is 0.312. The molecule has 1 aromatic heterocycles. The maximum Gasteiger partial charge on any atom is 0.245 e. The van der Waals surface area contributed by atoms with Gasteiger partial charge in [0.2, 0.25) is 15.9 Å². The van der Waals surface area contributed by atoms with Crippen LogP contribution in [0.1, 0.15) is 29.0 Å². The van der Waals surface area contributed by atoms with Crippen molar-refractivity contribution in [1.29, 1.82) is 0 Å². The van der Waals surface area contributed by atoms with Gasteiger partial charge in [0, 0.05) is 18.7 Å². The van der Waals surface area contributed by atoms with Gasteiger partial charge in [-0.25, -0.2) is 13.1 Å². The van der Waals surface area contributed by atoms with Crippen LogP contribution in [0.15, 0.2) is 27.6 Å². The average Bonchev–Trinajstić information content (AvgIpc) is 2.87. The Morgan fingerprint density at radius 1 is 1.29 bits per heavy atom. The topological polar surface area (TPSA) is 101 Å². The quantitative estimate of drug-likeness (QED) is 0.855. The Morgan fingerprint density at radius 3 is 2.79 bits per heavy atom. The second kappa shape index (κ2) is 6.37. The van der Waals surface area contributed by atoms with E-state index in [0.29, 0.717) is 25.0 Å². The number of carbonyl (C=O) groups is 1. The third kappa shape index (κ3) is 3.34. The van der Waals surface area contributed by atoms with Crippen LogP contribution in [-0.2, 0) is 27.7 Å². The first-order valence-electron chi connectivity index (χ1n) is 7.71.